The van der Waals surface area contributed by atoms with Crippen molar-refractivity contribution in [2.45, 2.75) is 39.2 Å². The second-order valence-corrected chi connectivity index (χ2v) is 5.28. The average Bonchev–Trinajstić information content (AvgIpc) is 3.01. The Morgan fingerprint density at radius 2 is 1.78 bits per heavy atom. The lowest BCUT2D eigenvalue weighted by Gasteiger charge is -2.10. The fraction of sp³-hybridized carbons (Fsp3) is 0.471. The molecule has 0 fully saturated rings. The Morgan fingerprint density at radius 1 is 1.09 bits per heavy atom. The quantitative estimate of drug-likeness (QED) is 0.698. The van der Waals surface area contributed by atoms with Gasteiger partial charge in [-0.15, -0.1) is 5.10 Å². The van der Waals surface area contributed by atoms with Gasteiger partial charge in [-0.05, 0) is 18.6 Å². The lowest BCUT2D eigenvalue weighted by atomic mass is 10.1. The zero-order valence-corrected chi connectivity index (χ0v) is 13.9. The summed E-state index contributed by atoms with van der Waals surface area (Å²) in [6.07, 6.45) is 4.53. The number of hydrogen-bond acceptors (Lipinski definition) is 5. The van der Waals surface area contributed by atoms with Crippen LogP contribution in [0.2, 0.25) is 0 Å². The molecule has 23 heavy (non-hydrogen) atoms. The van der Waals surface area contributed by atoms with Gasteiger partial charge in [0.05, 0.1) is 14.2 Å². The smallest absolute Gasteiger partial charge is 0.190 e. The number of rotatable bonds is 8. The Bertz CT molecular complexity index is 666. The molecule has 0 aliphatic carbocycles. The number of hydrogen-bond donors (Lipinski definition) is 0. The minimum atomic E-state index is 0.316. The highest BCUT2D eigenvalue weighted by Crippen LogP contribution is 2.31. The summed E-state index contributed by atoms with van der Waals surface area (Å²) < 4.78 is 12.4. The molecular formula is C17H22N4O2. The fourth-order valence-corrected chi connectivity index (χ4v) is 2.46. The van der Waals surface area contributed by atoms with Gasteiger partial charge in [0.25, 0.3) is 0 Å². The number of nitriles is 1. The summed E-state index contributed by atoms with van der Waals surface area (Å²) in [6.45, 7) is 2.92. The van der Waals surface area contributed by atoms with Gasteiger partial charge in [0.1, 0.15) is 23.3 Å². The second-order valence-electron chi connectivity index (χ2n) is 5.28. The molecule has 2 rings (SSSR count). The number of ether oxygens (including phenoxy) is 2. The molecule has 0 spiro atoms. The van der Waals surface area contributed by atoms with Crippen LogP contribution in [0.4, 0.5) is 0 Å². The minimum absolute atomic E-state index is 0.316. The number of unbranched alkanes of at least 4 members (excludes halogenated alkanes) is 3. The largest absolute Gasteiger partial charge is 0.497 e. The molecule has 0 unspecified atom stereocenters. The number of benzene rings is 1. The molecule has 0 saturated heterocycles. The molecule has 2 aromatic rings. The minimum Gasteiger partial charge on any atom is -0.497 e. The Labute approximate surface area is 136 Å². The standard InChI is InChI=1S/C17H22N4O2/c1-4-5-6-7-8-21-17(16(12-18)19-20-21)13-9-14(22-2)11-15(10-13)23-3/h9-11H,4-8H2,1-3H3. The van der Waals surface area contributed by atoms with E-state index in [2.05, 4.69) is 23.3 Å². The molecule has 1 aromatic heterocycles. The van der Waals surface area contributed by atoms with Gasteiger partial charge < -0.3 is 9.47 Å². The van der Waals surface area contributed by atoms with Crippen molar-refractivity contribution in [1.29, 1.82) is 5.26 Å². The summed E-state index contributed by atoms with van der Waals surface area (Å²) in [5, 5.41) is 17.5. The van der Waals surface area contributed by atoms with Crippen LogP contribution in [0.3, 0.4) is 0 Å². The van der Waals surface area contributed by atoms with Crippen LogP contribution in [0.25, 0.3) is 11.3 Å². The molecular weight excluding hydrogens is 292 g/mol. The molecule has 0 N–H and O–H groups in total. The van der Waals surface area contributed by atoms with Crippen molar-refractivity contribution in [2.24, 2.45) is 0 Å². The van der Waals surface area contributed by atoms with E-state index in [1.165, 1.54) is 12.8 Å². The van der Waals surface area contributed by atoms with Crippen LogP contribution in [0.1, 0.15) is 38.3 Å². The van der Waals surface area contributed by atoms with Crippen molar-refractivity contribution < 1.29 is 9.47 Å². The molecule has 0 amide bonds. The number of aryl methyl sites for hydroxylation is 1. The van der Waals surface area contributed by atoms with Crippen LogP contribution in [0.5, 0.6) is 11.5 Å². The molecule has 0 atom stereocenters. The van der Waals surface area contributed by atoms with Gasteiger partial charge in [0.15, 0.2) is 5.69 Å². The molecule has 0 bridgehead atoms. The van der Waals surface area contributed by atoms with Crippen LogP contribution in [-0.2, 0) is 6.54 Å². The van der Waals surface area contributed by atoms with Crippen LogP contribution in [0, 0.1) is 11.3 Å². The normalized spacial score (nSPS) is 10.3. The van der Waals surface area contributed by atoms with Gasteiger partial charge >= 0.3 is 0 Å². The van der Waals surface area contributed by atoms with Gasteiger partial charge in [0.2, 0.25) is 0 Å². The van der Waals surface area contributed by atoms with E-state index in [9.17, 15) is 5.26 Å². The third-order valence-corrected chi connectivity index (χ3v) is 3.69. The van der Waals surface area contributed by atoms with Crippen molar-refractivity contribution in [3.8, 4) is 28.8 Å². The number of nitrogens with zero attached hydrogens (tertiary/aromatic N) is 4. The number of methoxy groups -OCH3 is 2. The summed E-state index contributed by atoms with van der Waals surface area (Å²) in [4.78, 5) is 0. The molecule has 0 saturated carbocycles. The highest BCUT2D eigenvalue weighted by Gasteiger charge is 2.16. The SMILES string of the molecule is CCCCCCn1nnc(C#N)c1-c1cc(OC)cc(OC)c1. The summed E-state index contributed by atoms with van der Waals surface area (Å²) in [7, 11) is 3.20. The van der Waals surface area contributed by atoms with E-state index in [0.29, 0.717) is 22.9 Å². The van der Waals surface area contributed by atoms with Crippen LogP contribution >= 0.6 is 0 Å². The monoisotopic (exact) mass is 314 g/mol. The van der Waals surface area contributed by atoms with Gasteiger partial charge in [-0.25, -0.2) is 4.68 Å². The van der Waals surface area contributed by atoms with E-state index >= 15 is 0 Å². The topological polar surface area (TPSA) is 73.0 Å². The van der Waals surface area contributed by atoms with Crippen LogP contribution in [-0.4, -0.2) is 29.2 Å². The highest BCUT2D eigenvalue weighted by molar-refractivity contribution is 5.68. The summed E-state index contributed by atoms with van der Waals surface area (Å²) in [5.41, 5.74) is 1.84. The summed E-state index contributed by atoms with van der Waals surface area (Å²) in [6, 6.07) is 7.64. The zero-order valence-electron chi connectivity index (χ0n) is 13.9. The lowest BCUT2D eigenvalue weighted by Crippen LogP contribution is -2.03. The van der Waals surface area contributed by atoms with E-state index < -0.39 is 0 Å². The molecule has 122 valence electrons. The third-order valence-electron chi connectivity index (χ3n) is 3.69. The van der Waals surface area contributed by atoms with Gasteiger partial charge in [-0.3, -0.25) is 0 Å². The van der Waals surface area contributed by atoms with Gasteiger partial charge in [-0.2, -0.15) is 5.26 Å². The Morgan fingerprint density at radius 3 is 2.35 bits per heavy atom. The van der Waals surface area contributed by atoms with E-state index in [4.69, 9.17) is 9.47 Å². The molecule has 1 heterocycles. The maximum absolute atomic E-state index is 9.33. The molecule has 0 aliphatic rings. The van der Waals surface area contributed by atoms with E-state index in [1.54, 1.807) is 25.0 Å². The summed E-state index contributed by atoms with van der Waals surface area (Å²) in [5.74, 6) is 1.34. The Hall–Kier alpha value is -2.55. The van der Waals surface area contributed by atoms with Crippen molar-refractivity contribution in [3.63, 3.8) is 0 Å². The van der Waals surface area contributed by atoms with Crippen LogP contribution < -0.4 is 9.47 Å². The zero-order chi connectivity index (χ0) is 16.7. The fourth-order valence-electron chi connectivity index (χ4n) is 2.46. The highest BCUT2D eigenvalue weighted by atomic mass is 16.5. The predicted molar refractivity (Wildman–Crippen MR) is 87.4 cm³/mol. The van der Waals surface area contributed by atoms with E-state index in [1.807, 2.05) is 12.1 Å². The molecule has 0 radical (unpaired) electrons. The number of aromatic nitrogens is 3. The molecule has 6 nitrogen and oxygen atoms in total. The Balaban J connectivity index is 2.37. The van der Waals surface area contributed by atoms with Crippen molar-refractivity contribution in [2.75, 3.05) is 14.2 Å². The van der Waals surface area contributed by atoms with Gasteiger partial charge in [-0.1, -0.05) is 31.4 Å². The molecule has 6 heteroatoms. The van der Waals surface area contributed by atoms with Crippen LogP contribution in [0.15, 0.2) is 18.2 Å². The summed E-state index contributed by atoms with van der Waals surface area (Å²) >= 11 is 0. The van der Waals surface area contributed by atoms with Crippen molar-refractivity contribution in [1.82, 2.24) is 15.0 Å². The Kier molecular flexibility index (Phi) is 5.98. The molecule has 1 aromatic carbocycles. The van der Waals surface area contributed by atoms with Crippen molar-refractivity contribution in [3.05, 3.63) is 23.9 Å². The first kappa shape index (κ1) is 16.8. The maximum atomic E-state index is 9.33. The van der Waals surface area contributed by atoms with Crippen molar-refractivity contribution >= 4 is 0 Å². The first-order valence-electron chi connectivity index (χ1n) is 7.80. The molecule has 0 aliphatic heterocycles. The average molecular weight is 314 g/mol. The first-order chi connectivity index (χ1) is 11.2. The van der Waals surface area contributed by atoms with Gasteiger partial charge in [0, 0.05) is 18.2 Å². The van der Waals surface area contributed by atoms with E-state index in [0.717, 1.165) is 24.9 Å². The van der Waals surface area contributed by atoms with E-state index in [-0.39, 0.29) is 0 Å². The lowest BCUT2D eigenvalue weighted by molar-refractivity contribution is 0.394. The predicted octanol–water partition coefficient (Wildman–Crippen LogP) is 3.41. The maximum Gasteiger partial charge on any atom is 0.190 e. The first-order valence-corrected chi connectivity index (χ1v) is 7.80. The third kappa shape index (κ3) is 4.01. The second kappa shape index (κ2) is 8.18.